The molecule has 0 fully saturated rings. The van der Waals surface area contributed by atoms with Crippen LogP contribution in [-0.2, 0) is 26.3 Å². The van der Waals surface area contributed by atoms with Crippen LogP contribution in [0.5, 0.6) is 0 Å². The van der Waals surface area contributed by atoms with Crippen molar-refractivity contribution in [2.24, 2.45) is 5.73 Å². The number of nitrogens with two attached hydrogens (primary N) is 1. The SMILES string of the molecule is N#CC1=C(N)N(c2cccc(F)c2)C2=C(C(=O)OC2)[C@]12C(=O)N(Cc1ccccc1Cl)c1ccccc12. The van der Waals surface area contributed by atoms with E-state index in [1.54, 1.807) is 48.5 Å². The minimum Gasteiger partial charge on any atom is -0.456 e. The van der Waals surface area contributed by atoms with Crippen LogP contribution in [0.4, 0.5) is 15.8 Å². The monoisotopic (exact) mass is 512 g/mol. The van der Waals surface area contributed by atoms with Gasteiger partial charge in [0.2, 0.25) is 5.91 Å². The molecular weight excluding hydrogens is 495 g/mol. The fourth-order valence-electron chi connectivity index (χ4n) is 5.46. The molecule has 0 bridgehead atoms. The topological polar surface area (TPSA) is 99.7 Å². The second kappa shape index (κ2) is 8.22. The molecule has 0 radical (unpaired) electrons. The zero-order valence-corrected chi connectivity index (χ0v) is 20.0. The molecule has 0 saturated heterocycles. The molecule has 3 aromatic rings. The highest BCUT2D eigenvalue weighted by molar-refractivity contribution is 6.31. The Labute approximate surface area is 216 Å². The van der Waals surface area contributed by atoms with E-state index in [9.17, 15) is 19.2 Å². The Kier molecular flexibility index (Phi) is 5.07. The van der Waals surface area contributed by atoms with Crippen LogP contribution in [0.1, 0.15) is 11.1 Å². The largest absolute Gasteiger partial charge is 0.456 e. The third-order valence-electron chi connectivity index (χ3n) is 6.98. The van der Waals surface area contributed by atoms with Crippen molar-refractivity contribution in [3.8, 4) is 6.07 Å². The Hall–Kier alpha value is -4.61. The standard InChI is InChI=1S/C28H18ClFN4O3/c29-21-10-3-1-6-16(21)14-33-22-11-4-2-9-19(22)28(27(33)36)20(13-31)25(32)34(18-8-5-7-17(30)12-18)23-15-37-26(35)24(23)28/h1-12H,14-15,32H2/t28-/m1/s1. The highest BCUT2D eigenvalue weighted by Gasteiger charge is 2.64. The first kappa shape index (κ1) is 22.8. The number of amides is 1. The minimum absolute atomic E-state index is 0.00150. The highest BCUT2D eigenvalue weighted by atomic mass is 35.5. The number of halogens is 2. The van der Waals surface area contributed by atoms with Gasteiger partial charge in [0, 0.05) is 16.3 Å². The number of nitriles is 1. The van der Waals surface area contributed by atoms with E-state index in [-0.39, 0.29) is 35.8 Å². The first-order valence-corrected chi connectivity index (χ1v) is 11.8. The first-order valence-electron chi connectivity index (χ1n) is 11.4. The van der Waals surface area contributed by atoms with Crippen molar-refractivity contribution in [3.05, 3.63) is 117 Å². The summed E-state index contributed by atoms with van der Waals surface area (Å²) in [5.41, 5.74) is 6.89. The van der Waals surface area contributed by atoms with Crippen LogP contribution in [0.25, 0.3) is 0 Å². The summed E-state index contributed by atoms with van der Waals surface area (Å²) in [5.74, 6) is -1.85. The van der Waals surface area contributed by atoms with Crippen LogP contribution in [0, 0.1) is 17.1 Å². The molecule has 1 amide bonds. The van der Waals surface area contributed by atoms with Crippen molar-refractivity contribution in [2.45, 2.75) is 12.0 Å². The number of carbonyl (C=O) groups excluding carboxylic acids is 2. The Morgan fingerprint density at radius 3 is 2.59 bits per heavy atom. The van der Waals surface area contributed by atoms with E-state index in [4.69, 9.17) is 22.1 Å². The van der Waals surface area contributed by atoms with Crippen molar-refractivity contribution < 1.29 is 18.7 Å². The molecule has 1 atom stereocenters. The van der Waals surface area contributed by atoms with Gasteiger partial charge in [-0.25, -0.2) is 9.18 Å². The molecule has 1 spiro atoms. The number of hydrogen-bond acceptors (Lipinski definition) is 6. The predicted molar refractivity (Wildman–Crippen MR) is 134 cm³/mol. The number of benzene rings is 3. The molecule has 0 aliphatic carbocycles. The lowest BCUT2D eigenvalue weighted by Gasteiger charge is -2.38. The van der Waals surface area contributed by atoms with Gasteiger partial charge >= 0.3 is 5.97 Å². The number of anilines is 2. The van der Waals surface area contributed by atoms with E-state index in [1.807, 2.05) is 6.07 Å². The Morgan fingerprint density at radius 2 is 1.84 bits per heavy atom. The van der Waals surface area contributed by atoms with E-state index < -0.39 is 23.1 Å². The fourth-order valence-corrected chi connectivity index (χ4v) is 5.65. The second-order valence-electron chi connectivity index (χ2n) is 8.84. The maximum absolute atomic E-state index is 14.5. The molecule has 9 heteroatoms. The summed E-state index contributed by atoms with van der Waals surface area (Å²) in [4.78, 5) is 30.7. The maximum Gasteiger partial charge on any atom is 0.338 e. The molecule has 3 aromatic carbocycles. The van der Waals surface area contributed by atoms with Crippen molar-refractivity contribution >= 4 is 34.9 Å². The number of fused-ring (bicyclic) bond motifs is 3. The van der Waals surface area contributed by atoms with Gasteiger partial charge in [-0.2, -0.15) is 5.26 Å². The van der Waals surface area contributed by atoms with Crippen molar-refractivity contribution in [3.63, 3.8) is 0 Å². The van der Waals surface area contributed by atoms with Crippen LogP contribution in [0.2, 0.25) is 5.02 Å². The summed E-state index contributed by atoms with van der Waals surface area (Å²) in [5, 5.41) is 10.9. The number of cyclic esters (lactones) is 1. The van der Waals surface area contributed by atoms with E-state index >= 15 is 0 Å². The van der Waals surface area contributed by atoms with Gasteiger partial charge in [-0.1, -0.05) is 54.1 Å². The number of para-hydroxylation sites is 1. The number of rotatable bonds is 3. The van der Waals surface area contributed by atoms with Gasteiger partial charge < -0.3 is 15.4 Å². The Morgan fingerprint density at radius 1 is 1.08 bits per heavy atom. The number of nitrogens with zero attached hydrogens (tertiary/aromatic N) is 3. The molecule has 2 N–H and O–H groups in total. The number of esters is 1. The average molecular weight is 513 g/mol. The van der Waals surface area contributed by atoms with Crippen molar-refractivity contribution in [1.82, 2.24) is 0 Å². The normalized spacial score (nSPS) is 20.4. The Balaban J connectivity index is 1.62. The van der Waals surface area contributed by atoms with Gasteiger partial charge in [0.05, 0.1) is 29.1 Å². The van der Waals surface area contributed by atoms with Crippen molar-refractivity contribution in [2.75, 3.05) is 16.4 Å². The van der Waals surface area contributed by atoms with E-state index in [0.717, 1.165) is 0 Å². The molecule has 182 valence electrons. The Bertz CT molecular complexity index is 1630. The maximum atomic E-state index is 14.5. The minimum atomic E-state index is -1.82. The number of hydrogen-bond donors (Lipinski definition) is 1. The van der Waals surface area contributed by atoms with Gasteiger partial charge in [0.15, 0.2) is 0 Å². The molecule has 0 aromatic heterocycles. The van der Waals surface area contributed by atoms with Crippen LogP contribution < -0.4 is 15.5 Å². The zero-order chi connectivity index (χ0) is 25.9. The molecule has 6 rings (SSSR count). The van der Waals surface area contributed by atoms with Crippen molar-refractivity contribution in [1.29, 1.82) is 5.26 Å². The summed E-state index contributed by atoms with van der Waals surface area (Å²) in [6.07, 6.45) is 0. The second-order valence-corrected chi connectivity index (χ2v) is 9.24. The number of ether oxygens (including phenoxy) is 1. The quantitative estimate of drug-likeness (QED) is 0.526. The summed E-state index contributed by atoms with van der Waals surface area (Å²) in [6, 6.07) is 21.8. The molecule has 3 aliphatic rings. The summed E-state index contributed by atoms with van der Waals surface area (Å²) in [6.45, 7) is -0.0764. The summed E-state index contributed by atoms with van der Waals surface area (Å²) in [7, 11) is 0. The molecular formula is C28H18ClFN4O3. The molecule has 0 saturated carbocycles. The summed E-state index contributed by atoms with van der Waals surface area (Å²) >= 11 is 6.41. The third kappa shape index (κ3) is 3.04. The molecule has 0 unspecified atom stereocenters. The molecule has 3 heterocycles. The lowest BCUT2D eigenvalue weighted by Crippen LogP contribution is -2.50. The molecule has 3 aliphatic heterocycles. The zero-order valence-electron chi connectivity index (χ0n) is 19.2. The first-order chi connectivity index (χ1) is 17.9. The van der Waals surface area contributed by atoms with E-state index in [1.165, 1.54) is 28.0 Å². The van der Waals surface area contributed by atoms with E-state index in [2.05, 4.69) is 6.07 Å². The number of carbonyl (C=O) groups is 2. The van der Waals surface area contributed by atoms with Gasteiger partial charge in [-0.05, 0) is 35.9 Å². The van der Waals surface area contributed by atoms with Crippen LogP contribution in [-0.4, -0.2) is 18.5 Å². The van der Waals surface area contributed by atoms with Gasteiger partial charge in [0.1, 0.15) is 29.7 Å². The third-order valence-corrected chi connectivity index (χ3v) is 7.35. The lowest BCUT2D eigenvalue weighted by molar-refractivity contribution is -0.137. The lowest BCUT2D eigenvalue weighted by atomic mass is 9.67. The van der Waals surface area contributed by atoms with Gasteiger partial charge in [-0.15, -0.1) is 0 Å². The molecule has 37 heavy (non-hydrogen) atoms. The van der Waals surface area contributed by atoms with Crippen LogP contribution in [0.15, 0.2) is 95.5 Å². The molecule has 7 nitrogen and oxygen atoms in total. The smallest absolute Gasteiger partial charge is 0.338 e. The fraction of sp³-hybridized carbons (Fsp3) is 0.107. The van der Waals surface area contributed by atoms with Crippen LogP contribution in [0.3, 0.4) is 0 Å². The highest BCUT2D eigenvalue weighted by Crippen LogP contribution is 2.56. The average Bonchev–Trinajstić information content (AvgIpc) is 3.38. The van der Waals surface area contributed by atoms with Gasteiger partial charge in [-0.3, -0.25) is 9.69 Å². The van der Waals surface area contributed by atoms with Crippen LogP contribution >= 0.6 is 11.6 Å². The predicted octanol–water partition coefficient (Wildman–Crippen LogP) is 4.29. The van der Waals surface area contributed by atoms with Gasteiger partial charge in [0.25, 0.3) is 0 Å². The summed E-state index contributed by atoms with van der Waals surface area (Å²) < 4.78 is 19.6. The van der Waals surface area contributed by atoms with E-state index in [0.29, 0.717) is 27.5 Å².